The Balaban J connectivity index is 2.12. The Labute approximate surface area is 167 Å². The molecule has 1 atom stereocenters. The van der Waals surface area contributed by atoms with E-state index in [0.717, 1.165) is 12.1 Å². The maximum atomic E-state index is 11.7. The number of hydrogen-bond acceptors (Lipinski definition) is 3. The highest BCUT2D eigenvalue weighted by Gasteiger charge is 2.15. The van der Waals surface area contributed by atoms with Crippen LogP contribution in [-0.4, -0.2) is 26.8 Å². The Morgan fingerprint density at radius 3 is 2.48 bits per heavy atom. The average Bonchev–Trinajstić information content (AvgIpc) is 2.59. The number of hydrogen-bond donors (Lipinski definition) is 2. The minimum Gasteiger partial charge on any atom is -0.356 e. The van der Waals surface area contributed by atoms with Gasteiger partial charge in [0.15, 0.2) is 5.11 Å². The van der Waals surface area contributed by atoms with Crippen molar-refractivity contribution in [3.8, 4) is 0 Å². The fourth-order valence-electron chi connectivity index (χ4n) is 2.91. The molecule has 0 spiro atoms. The maximum Gasteiger partial charge on any atom is 0.231 e. The summed E-state index contributed by atoms with van der Waals surface area (Å²) in [6, 6.07) is 13.7. The SMILES string of the molecule is CC[C@@H](NC(=S)Nc1cccc(N(C)S(C)(=O)=O)c1)c1ccc(C)cc1C. The van der Waals surface area contributed by atoms with Crippen molar-refractivity contribution in [2.24, 2.45) is 0 Å². The quantitative estimate of drug-likeness (QED) is 0.708. The first kappa shape index (κ1) is 21.2. The third kappa shape index (κ3) is 5.68. The van der Waals surface area contributed by atoms with E-state index in [1.807, 2.05) is 6.07 Å². The first-order valence-electron chi connectivity index (χ1n) is 8.80. The van der Waals surface area contributed by atoms with Gasteiger partial charge < -0.3 is 10.6 Å². The van der Waals surface area contributed by atoms with Gasteiger partial charge in [0.2, 0.25) is 10.0 Å². The molecule has 0 fully saturated rings. The zero-order valence-corrected chi connectivity index (χ0v) is 18.0. The van der Waals surface area contributed by atoms with Crippen LogP contribution in [0.25, 0.3) is 0 Å². The van der Waals surface area contributed by atoms with Crippen LogP contribution in [0.4, 0.5) is 11.4 Å². The standard InChI is InChI=1S/C20H27N3O2S2/c1-6-19(18-11-10-14(2)12-15(18)3)22-20(26)21-16-8-7-9-17(13-16)23(4)27(5,24)25/h7-13,19H,6H2,1-5H3,(H2,21,22,26)/t19-/m1/s1. The monoisotopic (exact) mass is 405 g/mol. The molecule has 0 aromatic heterocycles. The lowest BCUT2D eigenvalue weighted by Crippen LogP contribution is -2.32. The van der Waals surface area contributed by atoms with Crippen molar-refractivity contribution in [2.75, 3.05) is 22.9 Å². The topological polar surface area (TPSA) is 61.4 Å². The summed E-state index contributed by atoms with van der Waals surface area (Å²) in [6.45, 7) is 6.30. The predicted molar refractivity (Wildman–Crippen MR) is 118 cm³/mol. The van der Waals surface area contributed by atoms with Crippen molar-refractivity contribution < 1.29 is 8.42 Å². The number of thiocarbonyl (C=S) groups is 1. The highest BCUT2D eigenvalue weighted by molar-refractivity contribution is 7.92. The van der Waals surface area contributed by atoms with Crippen molar-refractivity contribution in [2.45, 2.75) is 33.2 Å². The number of benzene rings is 2. The van der Waals surface area contributed by atoms with Crippen LogP contribution in [0.3, 0.4) is 0 Å². The Morgan fingerprint density at radius 2 is 1.89 bits per heavy atom. The molecule has 2 N–H and O–H groups in total. The summed E-state index contributed by atoms with van der Waals surface area (Å²) in [5.74, 6) is 0. The molecular formula is C20H27N3O2S2. The minimum absolute atomic E-state index is 0.104. The second-order valence-corrected chi connectivity index (χ2v) is 9.12. The van der Waals surface area contributed by atoms with Crippen LogP contribution in [-0.2, 0) is 10.0 Å². The molecule has 0 saturated carbocycles. The zero-order chi connectivity index (χ0) is 20.2. The highest BCUT2D eigenvalue weighted by Crippen LogP contribution is 2.23. The summed E-state index contributed by atoms with van der Waals surface area (Å²) >= 11 is 5.48. The molecule has 0 radical (unpaired) electrons. The summed E-state index contributed by atoms with van der Waals surface area (Å²) in [7, 11) is -1.79. The molecule has 2 aromatic carbocycles. The van der Waals surface area contributed by atoms with Gasteiger partial charge in [-0.15, -0.1) is 0 Å². The van der Waals surface area contributed by atoms with Crippen molar-refractivity contribution >= 4 is 38.7 Å². The van der Waals surface area contributed by atoms with E-state index in [9.17, 15) is 8.42 Å². The molecule has 0 heterocycles. The molecule has 5 nitrogen and oxygen atoms in total. The first-order chi connectivity index (χ1) is 12.6. The lowest BCUT2D eigenvalue weighted by molar-refractivity contribution is 0.600. The Bertz CT molecular complexity index is 927. The van der Waals surface area contributed by atoms with Crippen LogP contribution in [0.1, 0.15) is 36.1 Å². The van der Waals surface area contributed by atoms with Crippen molar-refractivity contribution in [1.82, 2.24) is 5.32 Å². The predicted octanol–water partition coefficient (Wildman–Crippen LogP) is 4.14. The van der Waals surface area contributed by atoms with Gasteiger partial charge in [-0.05, 0) is 61.8 Å². The number of aryl methyl sites for hydroxylation is 2. The zero-order valence-electron chi connectivity index (χ0n) is 16.4. The van der Waals surface area contributed by atoms with Gasteiger partial charge in [0.25, 0.3) is 0 Å². The van der Waals surface area contributed by atoms with Crippen LogP contribution in [0, 0.1) is 13.8 Å². The molecule has 2 aromatic rings. The van der Waals surface area contributed by atoms with E-state index >= 15 is 0 Å². The lowest BCUT2D eigenvalue weighted by atomic mass is 9.98. The van der Waals surface area contributed by atoms with E-state index in [1.165, 1.54) is 34.3 Å². The third-order valence-corrected chi connectivity index (χ3v) is 5.91. The summed E-state index contributed by atoms with van der Waals surface area (Å²) in [4.78, 5) is 0. The molecule has 146 valence electrons. The van der Waals surface area contributed by atoms with Crippen LogP contribution in [0.5, 0.6) is 0 Å². The lowest BCUT2D eigenvalue weighted by Gasteiger charge is -2.22. The Morgan fingerprint density at radius 1 is 1.19 bits per heavy atom. The highest BCUT2D eigenvalue weighted by atomic mass is 32.2. The maximum absolute atomic E-state index is 11.7. The largest absolute Gasteiger partial charge is 0.356 e. The van der Waals surface area contributed by atoms with Gasteiger partial charge in [0.05, 0.1) is 18.0 Å². The Kier molecular flexibility index (Phi) is 6.84. The van der Waals surface area contributed by atoms with E-state index in [-0.39, 0.29) is 6.04 Å². The van der Waals surface area contributed by atoms with Crippen molar-refractivity contribution in [1.29, 1.82) is 0 Å². The van der Waals surface area contributed by atoms with E-state index in [4.69, 9.17) is 12.2 Å². The summed E-state index contributed by atoms with van der Waals surface area (Å²) in [5, 5.41) is 7.01. The van der Waals surface area contributed by atoms with E-state index < -0.39 is 10.0 Å². The van der Waals surface area contributed by atoms with Gasteiger partial charge in [-0.3, -0.25) is 4.31 Å². The van der Waals surface area contributed by atoms with Crippen molar-refractivity contribution in [3.63, 3.8) is 0 Å². The Hall–Kier alpha value is -2.12. The molecule has 0 bridgehead atoms. The summed E-state index contributed by atoms with van der Waals surface area (Å²) in [5.41, 5.74) is 4.99. The minimum atomic E-state index is -3.31. The second-order valence-electron chi connectivity index (χ2n) is 6.70. The number of sulfonamides is 1. The molecule has 0 aliphatic rings. The third-order valence-electron chi connectivity index (χ3n) is 4.48. The van der Waals surface area contributed by atoms with Gasteiger partial charge in [0.1, 0.15) is 0 Å². The number of rotatable bonds is 6. The summed E-state index contributed by atoms with van der Waals surface area (Å²) in [6.07, 6.45) is 2.07. The summed E-state index contributed by atoms with van der Waals surface area (Å²) < 4.78 is 24.7. The molecule has 7 heteroatoms. The molecule has 2 rings (SSSR count). The van der Waals surface area contributed by atoms with Crippen LogP contribution in [0.15, 0.2) is 42.5 Å². The smallest absolute Gasteiger partial charge is 0.231 e. The van der Waals surface area contributed by atoms with Crippen LogP contribution in [0.2, 0.25) is 0 Å². The number of nitrogens with one attached hydrogen (secondary N) is 2. The van der Waals surface area contributed by atoms with Crippen molar-refractivity contribution in [3.05, 3.63) is 59.2 Å². The number of nitrogens with zero attached hydrogens (tertiary/aromatic N) is 1. The molecule has 0 aliphatic heterocycles. The molecular weight excluding hydrogens is 378 g/mol. The van der Waals surface area contributed by atoms with Crippen LogP contribution >= 0.6 is 12.2 Å². The molecule has 0 aliphatic carbocycles. The van der Waals surface area contributed by atoms with E-state index in [0.29, 0.717) is 10.8 Å². The van der Waals surface area contributed by atoms with Gasteiger partial charge in [-0.1, -0.05) is 36.8 Å². The second kappa shape index (κ2) is 8.71. The molecule has 0 saturated heterocycles. The molecule has 0 amide bonds. The molecule has 0 unspecified atom stereocenters. The fraction of sp³-hybridized carbons (Fsp3) is 0.350. The first-order valence-corrected chi connectivity index (χ1v) is 11.1. The van der Waals surface area contributed by atoms with Gasteiger partial charge >= 0.3 is 0 Å². The average molecular weight is 406 g/mol. The fourth-order valence-corrected chi connectivity index (χ4v) is 3.67. The molecule has 27 heavy (non-hydrogen) atoms. The van der Waals surface area contributed by atoms with Gasteiger partial charge in [-0.25, -0.2) is 8.42 Å². The van der Waals surface area contributed by atoms with Gasteiger partial charge in [0, 0.05) is 12.7 Å². The number of anilines is 2. The normalized spacial score (nSPS) is 12.3. The van der Waals surface area contributed by atoms with Crippen LogP contribution < -0.4 is 14.9 Å². The van der Waals surface area contributed by atoms with Gasteiger partial charge in [-0.2, -0.15) is 0 Å². The van der Waals surface area contributed by atoms with E-state index in [2.05, 4.69) is 49.6 Å². The van der Waals surface area contributed by atoms with E-state index in [1.54, 1.807) is 18.2 Å².